The molecule has 0 radical (unpaired) electrons. The first-order valence-corrected chi connectivity index (χ1v) is 11.8. The summed E-state index contributed by atoms with van der Waals surface area (Å²) in [6.45, 7) is 5.73. The SMILES string of the molecule is C[C@H](Sc1nnc(N2CCCC2)n1C[C@H]1CCCO1)C(=O)N(C)Cc1cccc(F)c1. The van der Waals surface area contributed by atoms with E-state index in [1.807, 2.05) is 13.0 Å². The van der Waals surface area contributed by atoms with Gasteiger partial charge in [0.05, 0.1) is 17.9 Å². The molecule has 168 valence electrons. The minimum Gasteiger partial charge on any atom is -0.376 e. The van der Waals surface area contributed by atoms with Crippen LogP contribution in [0.25, 0.3) is 0 Å². The lowest BCUT2D eigenvalue weighted by Gasteiger charge is -2.23. The smallest absolute Gasteiger partial charge is 0.235 e. The third-order valence-corrected chi connectivity index (χ3v) is 6.88. The van der Waals surface area contributed by atoms with E-state index < -0.39 is 0 Å². The number of aromatic nitrogens is 3. The minimum absolute atomic E-state index is 0.0244. The Balaban J connectivity index is 1.46. The topological polar surface area (TPSA) is 63.5 Å². The van der Waals surface area contributed by atoms with E-state index in [4.69, 9.17) is 4.74 Å². The van der Waals surface area contributed by atoms with Gasteiger partial charge in [-0.25, -0.2) is 4.39 Å². The van der Waals surface area contributed by atoms with Crippen LogP contribution in [-0.4, -0.2) is 63.7 Å². The molecule has 0 bridgehead atoms. The molecule has 2 saturated heterocycles. The average molecular weight is 448 g/mol. The van der Waals surface area contributed by atoms with Gasteiger partial charge in [-0.3, -0.25) is 9.36 Å². The quantitative estimate of drug-likeness (QED) is 0.579. The normalized spacial score (nSPS) is 19.7. The predicted molar refractivity (Wildman–Crippen MR) is 119 cm³/mol. The summed E-state index contributed by atoms with van der Waals surface area (Å²) in [6.07, 6.45) is 4.60. The van der Waals surface area contributed by atoms with E-state index >= 15 is 0 Å². The van der Waals surface area contributed by atoms with Gasteiger partial charge in [-0.1, -0.05) is 23.9 Å². The lowest BCUT2D eigenvalue weighted by Crippen LogP contribution is -2.33. The van der Waals surface area contributed by atoms with Gasteiger partial charge in [0.1, 0.15) is 5.82 Å². The second-order valence-electron chi connectivity index (χ2n) is 8.31. The molecule has 31 heavy (non-hydrogen) atoms. The van der Waals surface area contributed by atoms with E-state index in [0.717, 1.165) is 62.0 Å². The monoisotopic (exact) mass is 447 g/mol. The number of ether oxygens (including phenoxy) is 1. The highest BCUT2D eigenvalue weighted by molar-refractivity contribution is 8.00. The van der Waals surface area contributed by atoms with Crippen LogP contribution in [0.2, 0.25) is 0 Å². The van der Waals surface area contributed by atoms with E-state index in [9.17, 15) is 9.18 Å². The molecule has 0 spiro atoms. The van der Waals surface area contributed by atoms with Gasteiger partial charge < -0.3 is 14.5 Å². The number of carbonyl (C=O) groups is 1. The van der Waals surface area contributed by atoms with E-state index in [-0.39, 0.29) is 23.1 Å². The van der Waals surface area contributed by atoms with Gasteiger partial charge in [0.25, 0.3) is 0 Å². The largest absolute Gasteiger partial charge is 0.376 e. The van der Waals surface area contributed by atoms with Crippen LogP contribution >= 0.6 is 11.8 Å². The van der Waals surface area contributed by atoms with Crippen molar-refractivity contribution < 1.29 is 13.9 Å². The molecule has 4 rings (SSSR count). The fourth-order valence-electron chi connectivity index (χ4n) is 4.18. The van der Waals surface area contributed by atoms with Crippen molar-refractivity contribution in [2.75, 3.05) is 31.6 Å². The van der Waals surface area contributed by atoms with Crippen LogP contribution in [0.3, 0.4) is 0 Å². The number of amides is 1. The van der Waals surface area contributed by atoms with E-state index in [2.05, 4.69) is 19.7 Å². The maximum atomic E-state index is 13.5. The van der Waals surface area contributed by atoms with Gasteiger partial charge in [-0.05, 0) is 50.3 Å². The molecule has 2 fully saturated rings. The Morgan fingerprint density at radius 3 is 2.84 bits per heavy atom. The summed E-state index contributed by atoms with van der Waals surface area (Å²) in [6, 6.07) is 6.35. The Morgan fingerprint density at radius 1 is 1.32 bits per heavy atom. The fraction of sp³-hybridized carbons (Fsp3) is 0.591. The molecule has 2 aliphatic heterocycles. The summed E-state index contributed by atoms with van der Waals surface area (Å²) in [7, 11) is 1.75. The minimum atomic E-state index is -0.336. The number of hydrogen-bond donors (Lipinski definition) is 0. The summed E-state index contributed by atoms with van der Waals surface area (Å²) < 4.78 is 21.4. The molecule has 2 aliphatic rings. The van der Waals surface area contributed by atoms with Crippen LogP contribution in [0.15, 0.2) is 29.4 Å². The highest BCUT2D eigenvalue weighted by Crippen LogP contribution is 2.30. The molecular weight excluding hydrogens is 417 g/mol. The van der Waals surface area contributed by atoms with Crippen LogP contribution in [0.5, 0.6) is 0 Å². The van der Waals surface area contributed by atoms with Crippen molar-refractivity contribution in [3.8, 4) is 0 Å². The highest BCUT2D eigenvalue weighted by atomic mass is 32.2. The zero-order valence-corrected chi connectivity index (χ0v) is 19.0. The number of nitrogens with zero attached hydrogens (tertiary/aromatic N) is 5. The van der Waals surface area contributed by atoms with Crippen molar-refractivity contribution in [1.82, 2.24) is 19.7 Å². The van der Waals surface area contributed by atoms with Crippen molar-refractivity contribution in [3.63, 3.8) is 0 Å². The molecule has 1 aromatic heterocycles. The molecule has 0 saturated carbocycles. The lowest BCUT2D eigenvalue weighted by molar-refractivity contribution is -0.129. The molecule has 0 aliphatic carbocycles. The average Bonchev–Trinajstić information content (AvgIpc) is 3.51. The molecule has 3 heterocycles. The summed E-state index contributed by atoms with van der Waals surface area (Å²) in [4.78, 5) is 16.9. The molecule has 0 N–H and O–H groups in total. The van der Waals surface area contributed by atoms with Crippen LogP contribution in [0.1, 0.15) is 38.2 Å². The van der Waals surface area contributed by atoms with Crippen molar-refractivity contribution in [1.29, 1.82) is 0 Å². The molecule has 1 amide bonds. The van der Waals surface area contributed by atoms with Gasteiger partial charge in [0.15, 0.2) is 5.16 Å². The van der Waals surface area contributed by atoms with Crippen molar-refractivity contribution >= 4 is 23.6 Å². The van der Waals surface area contributed by atoms with Crippen LogP contribution in [0.4, 0.5) is 10.3 Å². The van der Waals surface area contributed by atoms with Crippen LogP contribution in [-0.2, 0) is 22.6 Å². The zero-order chi connectivity index (χ0) is 21.8. The predicted octanol–water partition coefficient (Wildman–Crippen LogP) is 3.34. The zero-order valence-electron chi connectivity index (χ0n) is 18.2. The molecular formula is C22H30FN5O2S. The van der Waals surface area contributed by atoms with Gasteiger partial charge in [0, 0.05) is 33.3 Å². The number of benzene rings is 1. The number of carbonyl (C=O) groups excluding carboxylic acids is 1. The standard InChI is InChI=1S/C22H30FN5O2S/c1-16(20(29)26(2)14-17-7-5-8-18(23)13-17)31-22-25-24-21(27-10-3-4-11-27)28(22)15-19-9-6-12-30-19/h5,7-8,13,16,19H,3-4,6,9-12,14-15H2,1-2H3/t16-,19+/m0/s1. The highest BCUT2D eigenvalue weighted by Gasteiger charge is 2.28. The first kappa shape index (κ1) is 22.1. The number of rotatable bonds is 8. The maximum Gasteiger partial charge on any atom is 0.235 e. The van der Waals surface area contributed by atoms with Crippen LogP contribution in [0, 0.1) is 5.82 Å². The van der Waals surface area contributed by atoms with Gasteiger partial charge >= 0.3 is 0 Å². The Hall–Kier alpha value is -2.13. The summed E-state index contributed by atoms with van der Waals surface area (Å²) in [5, 5.41) is 9.32. The Bertz CT molecular complexity index is 896. The first-order chi connectivity index (χ1) is 15.0. The second-order valence-corrected chi connectivity index (χ2v) is 9.61. The number of anilines is 1. The summed E-state index contributed by atoms with van der Waals surface area (Å²) >= 11 is 1.43. The van der Waals surface area contributed by atoms with Gasteiger partial charge in [-0.2, -0.15) is 0 Å². The first-order valence-electron chi connectivity index (χ1n) is 11.0. The van der Waals surface area contributed by atoms with Crippen molar-refractivity contribution in [2.45, 2.75) is 62.2 Å². The molecule has 2 aromatic rings. The van der Waals surface area contributed by atoms with E-state index in [1.165, 1.54) is 23.9 Å². The Kier molecular flexibility index (Phi) is 7.12. The van der Waals surface area contributed by atoms with Crippen molar-refractivity contribution in [2.24, 2.45) is 0 Å². The summed E-state index contributed by atoms with van der Waals surface area (Å²) in [5.41, 5.74) is 0.769. The van der Waals surface area contributed by atoms with Gasteiger partial charge in [0.2, 0.25) is 11.9 Å². The molecule has 9 heteroatoms. The van der Waals surface area contributed by atoms with Crippen LogP contribution < -0.4 is 4.90 Å². The fourth-order valence-corrected chi connectivity index (χ4v) is 5.15. The van der Waals surface area contributed by atoms with E-state index in [0.29, 0.717) is 13.1 Å². The Labute approximate surface area is 186 Å². The van der Waals surface area contributed by atoms with Crippen molar-refractivity contribution in [3.05, 3.63) is 35.6 Å². The molecule has 2 atom stereocenters. The Morgan fingerprint density at radius 2 is 2.13 bits per heavy atom. The van der Waals surface area contributed by atoms with Gasteiger partial charge in [-0.15, -0.1) is 10.2 Å². The molecule has 0 unspecified atom stereocenters. The number of thioether (sulfide) groups is 1. The van der Waals surface area contributed by atoms with E-state index in [1.54, 1.807) is 18.0 Å². The third-order valence-electron chi connectivity index (χ3n) is 5.81. The number of hydrogen-bond acceptors (Lipinski definition) is 6. The molecule has 1 aromatic carbocycles. The number of halogens is 1. The third kappa shape index (κ3) is 5.38. The lowest BCUT2D eigenvalue weighted by atomic mass is 10.2. The molecule has 7 nitrogen and oxygen atoms in total. The second kappa shape index (κ2) is 9.99. The maximum absolute atomic E-state index is 13.5. The summed E-state index contributed by atoms with van der Waals surface area (Å²) in [5.74, 6) is 0.560.